The summed E-state index contributed by atoms with van der Waals surface area (Å²) in [4.78, 5) is 16.0. The summed E-state index contributed by atoms with van der Waals surface area (Å²) in [5.74, 6) is 0.422. The molecular weight excluding hydrogens is 438 g/mol. The lowest BCUT2D eigenvalue weighted by molar-refractivity contribution is -0.121. The first-order valence-electron chi connectivity index (χ1n) is 10.3. The Kier molecular flexibility index (Phi) is 8.85. The van der Waals surface area contributed by atoms with Crippen molar-refractivity contribution >= 4 is 27.3 Å². The molecule has 1 fully saturated rings. The maximum atomic E-state index is 12.4. The van der Waals surface area contributed by atoms with Crippen molar-refractivity contribution in [2.75, 3.05) is 46.0 Å². The second-order valence-electron chi connectivity index (χ2n) is 7.04. The highest BCUT2D eigenvalue weighted by Crippen LogP contribution is 2.25. The largest absolute Gasteiger partial charge is 0.494 e. The molecule has 0 radical (unpaired) electrons. The van der Waals surface area contributed by atoms with Crippen molar-refractivity contribution in [3.63, 3.8) is 0 Å². The van der Waals surface area contributed by atoms with Gasteiger partial charge in [-0.05, 0) is 42.6 Å². The Labute approximate surface area is 187 Å². The Morgan fingerprint density at radius 3 is 2.61 bits per heavy atom. The number of rotatable bonds is 11. The lowest BCUT2D eigenvalue weighted by atomic mass is 10.2. The van der Waals surface area contributed by atoms with E-state index < -0.39 is 10.0 Å². The van der Waals surface area contributed by atoms with Crippen LogP contribution >= 0.6 is 11.3 Å². The van der Waals surface area contributed by atoms with Gasteiger partial charge in [-0.15, -0.1) is 11.3 Å². The fraction of sp³-hybridized carbons (Fsp3) is 0.476. The van der Waals surface area contributed by atoms with E-state index in [0.717, 1.165) is 13.1 Å². The van der Waals surface area contributed by atoms with Crippen LogP contribution in [0.1, 0.15) is 24.3 Å². The van der Waals surface area contributed by atoms with Crippen molar-refractivity contribution < 1.29 is 22.7 Å². The number of morpholine rings is 1. The maximum absolute atomic E-state index is 12.4. The Bertz CT molecular complexity index is 911. The quantitative estimate of drug-likeness (QED) is 0.525. The van der Waals surface area contributed by atoms with Gasteiger partial charge in [-0.2, -0.15) is 0 Å². The van der Waals surface area contributed by atoms with Crippen LogP contribution in [0.25, 0.3) is 0 Å². The van der Waals surface area contributed by atoms with Gasteiger partial charge < -0.3 is 14.8 Å². The summed E-state index contributed by atoms with van der Waals surface area (Å²) in [6.07, 6.45) is 0.0660. The van der Waals surface area contributed by atoms with E-state index in [1.807, 2.05) is 18.4 Å². The predicted octanol–water partition coefficient (Wildman–Crippen LogP) is 2.00. The van der Waals surface area contributed by atoms with Gasteiger partial charge in [0, 0.05) is 37.5 Å². The summed E-state index contributed by atoms with van der Waals surface area (Å²) < 4.78 is 38.1. The normalized spacial score (nSPS) is 16.0. The predicted molar refractivity (Wildman–Crippen MR) is 120 cm³/mol. The van der Waals surface area contributed by atoms with Crippen molar-refractivity contribution in [1.29, 1.82) is 0 Å². The van der Waals surface area contributed by atoms with Gasteiger partial charge >= 0.3 is 0 Å². The zero-order valence-electron chi connectivity index (χ0n) is 17.6. The number of thiophene rings is 1. The van der Waals surface area contributed by atoms with Gasteiger partial charge in [0.05, 0.1) is 30.8 Å². The minimum Gasteiger partial charge on any atom is -0.494 e. The van der Waals surface area contributed by atoms with Crippen LogP contribution in [0.15, 0.2) is 46.7 Å². The Morgan fingerprint density at radius 2 is 1.97 bits per heavy atom. The SMILES string of the molecule is CCOc1ccc(S(=O)(=O)NCCC(=O)NC[C@@H](c2cccs2)N2CCOCC2)cc1. The van der Waals surface area contributed by atoms with Gasteiger partial charge in [0.1, 0.15) is 5.75 Å². The van der Waals surface area contributed by atoms with Crippen molar-refractivity contribution in [2.24, 2.45) is 0 Å². The van der Waals surface area contributed by atoms with Crippen LogP contribution in [-0.2, 0) is 19.6 Å². The number of carbonyl (C=O) groups is 1. The minimum atomic E-state index is -3.68. The van der Waals surface area contributed by atoms with Gasteiger partial charge in [-0.1, -0.05) is 6.07 Å². The third kappa shape index (κ3) is 7.01. The summed E-state index contributed by atoms with van der Waals surface area (Å²) >= 11 is 1.66. The number of hydrogen-bond acceptors (Lipinski definition) is 7. The molecule has 1 amide bonds. The second-order valence-corrected chi connectivity index (χ2v) is 9.78. The van der Waals surface area contributed by atoms with Crippen LogP contribution in [0.3, 0.4) is 0 Å². The third-order valence-electron chi connectivity index (χ3n) is 4.94. The highest BCUT2D eigenvalue weighted by atomic mass is 32.2. The lowest BCUT2D eigenvalue weighted by Gasteiger charge is -2.34. The van der Waals surface area contributed by atoms with Gasteiger partial charge in [-0.3, -0.25) is 9.69 Å². The molecule has 1 aromatic heterocycles. The summed E-state index contributed by atoms with van der Waals surface area (Å²) in [6, 6.07) is 10.4. The Hall–Kier alpha value is -1.98. The molecule has 2 aromatic rings. The number of sulfonamides is 1. The number of hydrogen-bond donors (Lipinski definition) is 2. The fourth-order valence-corrected chi connectivity index (χ4v) is 5.24. The molecule has 0 saturated carbocycles. The number of ether oxygens (including phenoxy) is 2. The van der Waals surface area contributed by atoms with Crippen molar-refractivity contribution in [1.82, 2.24) is 14.9 Å². The smallest absolute Gasteiger partial charge is 0.240 e. The second kappa shape index (κ2) is 11.6. The average Bonchev–Trinajstić information content (AvgIpc) is 3.30. The molecule has 31 heavy (non-hydrogen) atoms. The molecule has 0 bridgehead atoms. The van der Waals surface area contributed by atoms with Crippen LogP contribution in [0.2, 0.25) is 0 Å². The van der Waals surface area contributed by atoms with Crippen molar-refractivity contribution in [2.45, 2.75) is 24.3 Å². The van der Waals surface area contributed by atoms with Gasteiger partial charge in [0.15, 0.2) is 0 Å². The molecular formula is C21H29N3O5S2. The lowest BCUT2D eigenvalue weighted by Crippen LogP contribution is -2.43. The first-order valence-corrected chi connectivity index (χ1v) is 12.7. The van der Waals surface area contributed by atoms with Gasteiger partial charge in [-0.25, -0.2) is 13.1 Å². The van der Waals surface area contributed by atoms with E-state index in [1.165, 1.54) is 17.0 Å². The van der Waals surface area contributed by atoms with E-state index in [1.54, 1.807) is 23.5 Å². The molecule has 0 spiro atoms. The number of carbonyl (C=O) groups excluding carboxylic acids is 1. The van der Waals surface area contributed by atoms with Crippen LogP contribution in [0, 0.1) is 0 Å². The van der Waals surface area contributed by atoms with Crippen LogP contribution in [-0.4, -0.2) is 65.2 Å². The van der Waals surface area contributed by atoms with E-state index in [-0.39, 0.29) is 29.8 Å². The summed E-state index contributed by atoms with van der Waals surface area (Å²) in [5.41, 5.74) is 0. The highest BCUT2D eigenvalue weighted by molar-refractivity contribution is 7.89. The minimum absolute atomic E-state index is 0.0304. The van der Waals surface area contributed by atoms with E-state index in [0.29, 0.717) is 32.1 Å². The van der Waals surface area contributed by atoms with E-state index >= 15 is 0 Å². The number of benzene rings is 1. The van der Waals surface area contributed by atoms with E-state index in [9.17, 15) is 13.2 Å². The first kappa shape index (κ1) is 23.7. The molecule has 2 heterocycles. The van der Waals surface area contributed by atoms with Crippen molar-refractivity contribution in [3.05, 3.63) is 46.7 Å². The molecule has 1 saturated heterocycles. The molecule has 1 atom stereocenters. The highest BCUT2D eigenvalue weighted by Gasteiger charge is 2.24. The molecule has 1 aliphatic rings. The zero-order chi connectivity index (χ0) is 22.1. The maximum Gasteiger partial charge on any atom is 0.240 e. The summed E-state index contributed by atoms with van der Waals surface area (Å²) in [5, 5.41) is 4.98. The standard InChI is InChI=1S/C21H29N3O5S2/c1-2-29-17-5-7-18(8-6-17)31(26,27)23-10-9-21(25)22-16-19(20-4-3-15-30-20)24-11-13-28-14-12-24/h3-8,15,19,23H,2,9-14,16H2,1H3,(H,22,25)/t19-/m0/s1. The van der Waals surface area contributed by atoms with E-state index in [4.69, 9.17) is 9.47 Å². The first-order chi connectivity index (χ1) is 15.0. The molecule has 1 aromatic carbocycles. The number of nitrogens with zero attached hydrogens (tertiary/aromatic N) is 1. The van der Waals surface area contributed by atoms with Crippen molar-refractivity contribution in [3.8, 4) is 5.75 Å². The van der Waals surface area contributed by atoms with E-state index in [2.05, 4.69) is 21.0 Å². The zero-order valence-corrected chi connectivity index (χ0v) is 19.2. The van der Waals surface area contributed by atoms with Gasteiger partial charge in [0.2, 0.25) is 15.9 Å². The van der Waals surface area contributed by atoms with Crippen LogP contribution in [0.5, 0.6) is 5.75 Å². The molecule has 0 unspecified atom stereocenters. The Balaban J connectivity index is 1.47. The summed E-state index contributed by atoms with van der Waals surface area (Å²) in [6.45, 7) is 5.89. The molecule has 0 aliphatic carbocycles. The molecule has 1 aliphatic heterocycles. The molecule has 3 rings (SSSR count). The topological polar surface area (TPSA) is 97.0 Å². The number of nitrogens with one attached hydrogen (secondary N) is 2. The number of amides is 1. The fourth-order valence-electron chi connectivity index (χ4n) is 3.34. The third-order valence-corrected chi connectivity index (χ3v) is 7.39. The monoisotopic (exact) mass is 467 g/mol. The molecule has 170 valence electrons. The Morgan fingerprint density at radius 1 is 1.23 bits per heavy atom. The summed E-state index contributed by atoms with van der Waals surface area (Å²) in [7, 11) is -3.68. The molecule has 2 N–H and O–H groups in total. The van der Waals surface area contributed by atoms with Gasteiger partial charge in [0.25, 0.3) is 0 Å². The molecule has 10 heteroatoms. The average molecular weight is 468 g/mol. The van der Waals surface area contributed by atoms with Crippen LogP contribution < -0.4 is 14.8 Å². The molecule has 8 nitrogen and oxygen atoms in total. The van der Waals surface area contributed by atoms with Crippen LogP contribution in [0.4, 0.5) is 0 Å².